The van der Waals surface area contributed by atoms with Crippen LogP contribution in [0.4, 0.5) is 5.69 Å². The van der Waals surface area contributed by atoms with Gasteiger partial charge in [0.05, 0.1) is 17.5 Å². The maximum atomic E-state index is 12.9. The quantitative estimate of drug-likeness (QED) is 0.672. The maximum absolute atomic E-state index is 12.9. The molecule has 8 nitrogen and oxygen atoms in total. The lowest BCUT2D eigenvalue weighted by molar-refractivity contribution is -0.120. The molecule has 2 amide bonds. The Hall–Kier alpha value is -1.97. The Morgan fingerprint density at radius 2 is 1.69 bits per heavy atom. The summed E-state index contributed by atoms with van der Waals surface area (Å²) in [5.41, 5.74) is 1.13. The highest BCUT2D eigenvalue weighted by Gasteiger charge is 2.30. The Labute approximate surface area is 191 Å². The van der Waals surface area contributed by atoms with E-state index in [4.69, 9.17) is 4.74 Å². The minimum absolute atomic E-state index is 0.00858. The van der Waals surface area contributed by atoms with E-state index in [0.29, 0.717) is 50.0 Å². The van der Waals surface area contributed by atoms with Crippen LogP contribution < -0.4 is 10.0 Å². The lowest BCUT2D eigenvalue weighted by Crippen LogP contribution is -2.48. The number of hydrogen-bond donors (Lipinski definition) is 2. The molecule has 3 rings (SSSR count). The Morgan fingerprint density at radius 1 is 1.06 bits per heavy atom. The molecule has 32 heavy (non-hydrogen) atoms. The van der Waals surface area contributed by atoms with Crippen molar-refractivity contribution in [2.75, 3.05) is 18.4 Å². The summed E-state index contributed by atoms with van der Waals surface area (Å²) >= 11 is 0. The number of anilines is 1. The maximum Gasteiger partial charge on any atom is 0.254 e. The molecule has 1 saturated heterocycles. The molecule has 0 aromatic heterocycles. The molecule has 2 atom stereocenters. The summed E-state index contributed by atoms with van der Waals surface area (Å²) in [4.78, 5) is 27.5. The van der Waals surface area contributed by atoms with Crippen molar-refractivity contribution >= 4 is 27.5 Å². The fraction of sp³-hybridized carbons (Fsp3) is 0.652. The highest BCUT2D eigenvalue weighted by atomic mass is 32.2. The van der Waals surface area contributed by atoms with Crippen LogP contribution >= 0.6 is 0 Å². The minimum atomic E-state index is -3.31. The SMILES string of the molecule is CC(C)S(=O)(=O)N[C@H]1CC[C@H](C(=O)Nc2cccc(C(=O)N3C[C@@H](C)O[C@@H](C)C3)c2)CC1. The summed E-state index contributed by atoms with van der Waals surface area (Å²) in [6.45, 7) is 8.30. The van der Waals surface area contributed by atoms with Gasteiger partial charge < -0.3 is 15.0 Å². The van der Waals surface area contributed by atoms with E-state index in [1.807, 2.05) is 13.8 Å². The van der Waals surface area contributed by atoms with Gasteiger partial charge in [-0.05, 0) is 71.6 Å². The summed E-state index contributed by atoms with van der Waals surface area (Å²) in [5, 5.41) is 2.47. The number of ether oxygens (including phenoxy) is 1. The number of carbonyl (C=O) groups excluding carboxylic acids is 2. The standard InChI is InChI=1S/C23H35N3O5S/c1-15(2)32(29,30)25-20-10-8-18(9-11-20)22(27)24-21-7-5-6-19(12-21)23(28)26-13-16(3)31-17(4)14-26/h5-7,12,15-18,20,25H,8-11,13-14H2,1-4H3,(H,24,27)/t16-,17+,18-,20-. The first-order chi connectivity index (χ1) is 15.0. The molecule has 0 spiro atoms. The normalized spacial score (nSPS) is 26.7. The van der Waals surface area contributed by atoms with Crippen molar-refractivity contribution in [2.24, 2.45) is 5.92 Å². The van der Waals surface area contributed by atoms with Crippen molar-refractivity contribution < 1.29 is 22.7 Å². The predicted molar refractivity (Wildman–Crippen MR) is 124 cm³/mol. The average Bonchev–Trinajstić information content (AvgIpc) is 2.72. The summed E-state index contributed by atoms with van der Waals surface area (Å²) in [7, 11) is -3.31. The number of hydrogen-bond acceptors (Lipinski definition) is 5. The highest BCUT2D eigenvalue weighted by molar-refractivity contribution is 7.90. The van der Waals surface area contributed by atoms with E-state index in [2.05, 4.69) is 10.0 Å². The van der Waals surface area contributed by atoms with E-state index >= 15 is 0 Å². The zero-order valence-electron chi connectivity index (χ0n) is 19.3. The van der Waals surface area contributed by atoms with Crippen molar-refractivity contribution in [2.45, 2.75) is 76.9 Å². The van der Waals surface area contributed by atoms with Crippen LogP contribution in [-0.2, 0) is 19.6 Å². The number of rotatable bonds is 6. The third kappa shape index (κ3) is 6.30. The Morgan fingerprint density at radius 3 is 2.28 bits per heavy atom. The molecule has 1 aliphatic heterocycles. The fourth-order valence-corrected chi connectivity index (χ4v) is 5.31. The van der Waals surface area contributed by atoms with Gasteiger partial charge in [-0.2, -0.15) is 0 Å². The number of benzene rings is 1. The second kappa shape index (κ2) is 10.3. The fourth-order valence-electron chi connectivity index (χ4n) is 4.34. The molecule has 0 unspecified atom stereocenters. The molecule has 1 aliphatic carbocycles. The van der Waals surface area contributed by atoms with Crippen molar-refractivity contribution in [3.63, 3.8) is 0 Å². The van der Waals surface area contributed by atoms with Gasteiger partial charge in [0, 0.05) is 36.3 Å². The third-order valence-corrected chi connectivity index (χ3v) is 8.04. The summed E-state index contributed by atoms with van der Waals surface area (Å²) in [5.74, 6) is -0.329. The molecular weight excluding hydrogens is 430 g/mol. The first kappa shape index (κ1) is 24.7. The number of nitrogens with one attached hydrogen (secondary N) is 2. The molecule has 0 bridgehead atoms. The molecule has 9 heteroatoms. The Bertz CT molecular complexity index is 915. The van der Waals surface area contributed by atoms with Crippen LogP contribution in [0.3, 0.4) is 0 Å². The monoisotopic (exact) mass is 465 g/mol. The van der Waals surface area contributed by atoms with Gasteiger partial charge in [0.15, 0.2) is 0 Å². The zero-order valence-corrected chi connectivity index (χ0v) is 20.2. The predicted octanol–water partition coefficient (Wildman–Crippen LogP) is 2.76. The van der Waals surface area contributed by atoms with Gasteiger partial charge >= 0.3 is 0 Å². The number of sulfonamides is 1. The van der Waals surface area contributed by atoms with Gasteiger partial charge in [-0.3, -0.25) is 9.59 Å². The van der Waals surface area contributed by atoms with E-state index in [1.165, 1.54) is 0 Å². The number of morpholine rings is 1. The van der Waals surface area contributed by atoms with Crippen LogP contribution in [0.5, 0.6) is 0 Å². The molecule has 1 heterocycles. The van der Waals surface area contributed by atoms with Crippen LogP contribution in [-0.4, -0.2) is 61.7 Å². The van der Waals surface area contributed by atoms with E-state index in [1.54, 1.807) is 43.0 Å². The van der Waals surface area contributed by atoms with E-state index in [-0.39, 0.29) is 36.0 Å². The smallest absolute Gasteiger partial charge is 0.254 e. The Kier molecular flexibility index (Phi) is 7.95. The number of amides is 2. The third-order valence-electron chi connectivity index (χ3n) is 6.13. The Balaban J connectivity index is 1.56. The van der Waals surface area contributed by atoms with E-state index in [0.717, 1.165) is 0 Å². The van der Waals surface area contributed by atoms with Crippen molar-refractivity contribution in [3.05, 3.63) is 29.8 Å². The summed E-state index contributed by atoms with van der Waals surface area (Å²) in [6, 6.07) is 6.91. The molecule has 0 radical (unpaired) electrons. The van der Waals surface area contributed by atoms with Crippen molar-refractivity contribution in [3.8, 4) is 0 Å². The zero-order chi connectivity index (χ0) is 23.5. The van der Waals surface area contributed by atoms with Crippen LogP contribution in [0.15, 0.2) is 24.3 Å². The van der Waals surface area contributed by atoms with Gasteiger partial charge in [0.25, 0.3) is 5.91 Å². The molecule has 2 fully saturated rings. The van der Waals surface area contributed by atoms with E-state index in [9.17, 15) is 18.0 Å². The lowest BCUT2D eigenvalue weighted by Gasteiger charge is -2.35. The largest absolute Gasteiger partial charge is 0.372 e. The van der Waals surface area contributed by atoms with Crippen LogP contribution in [0, 0.1) is 5.92 Å². The van der Waals surface area contributed by atoms with Gasteiger partial charge in [0.1, 0.15) is 0 Å². The molecular formula is C23H35N3O5S. The summed E-state index contributed by atoms with van der Waals surface area (Å²) < 4.78 is 32.6. The van der Waals surface area contributed by atoms with Gasteiger partial charge in [-0.1, -0.05) is 6.07 Å². The highest BCUT2D eigenvalue weighted by Crippen LogP contribution is 2.27. The number of nitrogens with zero attached hydrogens (tertiary/aromatic N) is 1. The van der Waals surface area contributed by atoms with Crippen molar-refractivity contribution in [1.82, 2.24) is 9.62 Å². The molecule has 1 aromatic carbocycles. The number of carbonyl (C=O) groups is 2. The molecule has 1 aromatic rings. The van der Waals surface area contributed by atoms with Crippen molar-refractivity contribution in [1.29, 1.82) is 0 Å². The van der Waals surface area contributed by atoms with Gasteiger partial charge in [-0.15, -0.1) is 0 Å². The van der Waals surface area contributed by atoms with Gasteiger partial charge in [0.2, 0.25) is 15.9 Å². The molecule has 2 aliphatic rings. The first-order valence-corrected chi connectivity index (χ1v) is 13.0. The second-order valence-corrected chi connectivity index (χ2v) is 11.6. The van der Waals surface area contributed by atoms with Crippen LogP contribution in [0.25, 0.3) is 0 Å². The average molecular weight is 466 g/mol. The molecule has 1 saturated carbocycles. The topological polar surface area (TPSA) is 105 Å². The van der Waals surface area contributed by atoms with Crippen LogP contribution in [0.1, 0.15) is 63.7 Å². The lowest BCUT2D eigenvalue weighted by atomic mass is 9.86. The second-order valence-electron chi connectivity index (χ2n) is 9.30. The minimum Gasteiger partial charge on any atom is -0.372 e. The molecule has 178 valence electrons. The first-order valence-electron chi connectivity index (χ1n) is 11.4. The van der Waals surface area contributed by atoms with Gasteiger partial charge in [-0.25, -0.2) is 13.1 Å². The molecule has 2 N–H and O–H groups in total. The summed E-state index contributed by atoms with van der Waals surface area (Å²) in [6.07, 6.45) is 2.50. The van der Waals surface area contributed by atoms with Crippen LogP contribution in [0.2, 0.25) is 0 Å². The van der Waals surface area contributed by atoms with E-state index < -0.39 is 15.3 Å².